The van der Waals surface area contributed by atoms with E-state index in [9.17, 15) is 4.39 Å². The number of ether oxygens (including phenoxy) is 1. The van der Waals surface area contributed by atoms with Crippen LogP contribution in [-0.2, 0) is 13.2 Å². The lowest BCUT2D eigenvalue weighted by Crippen LogP contribution is -2.02. The summed E-state index contributed by atoms with van der Waals surface area (Å²) in [5, 5.41) is 0.478. The first-order valence-electron chi connectivity index (χ1n) is 5.40. The number of nitrogens with zero attached hydrogens (tertiary/aromatic N) is 1. The van der Waals surface area contributed by atoms with Gasteiger partial charge >= 0.3 is 0 Å². The summed E-state index contributed by atoms with van der Waals surface area (Å²) >= 11 is 5.77. The van der Waals surface area contributed by atoms with Gasteiger partial charge in [0.05, 0.1) is 11.2 Å². The summed E-state index contributed by atoms with van der Waals surface area (Å²) in [4.78, 5) is 3.88. The molecule has 0 amide bonds. The van der Waals surface area contributed by atoms with E-state index in [0.717, 1.165) is 5.56 Å². The van der Waals surface area contributed by atoms with E-state index in [1.54, 1.807) is 18.2 Å². The third-order valence-electron chi connectivity index (χ3n) is 2.43. The Morgan fingerprint density at radius 2 is 2.11 bits per heavy atom. The van der Waals surface area contributed by atoms with E-state index in [1.165, 1.54) is 18.5 Å². The van der Waals surface area contributed by atoms with Crippen LogP contribution < -0.4 is 10.5 Å². The second kappa shape index (κ2) is 5.80. The van der Waals surface area contributed by atoms with Crippen LogP contribution in [0.4, 0.5) is 4.39 Å². The number of hydrogen-bond donors (Lipinski definition) is 1. The molecule has 2 rings (SSSR count). The van der Waals surface area contributed by atoms with E-state index >= 15 is 0 Å². The molecule has 0 atom stereocenters. The van der Waals surface area contributed by atoms with Crippen LogP contribution in [0.3, 0.4) is 0 Å². The average molecular weight is 267 g/mol. The van der Waals surface area contributed by atoms with Gasteiger partial charge in [0.2, 0.25) is 0 Å². The number of nitrogens with two attached hydrogens (primary N) is 1. The van der Waals surface area contributed by atoms with E-state index in [-0.39, 0.29) is 12.4 Å². The van der Waals surface area contributed by atoms with Crippen LogP contribution in [-0.4, -0.2) is 4.98 Å². The van der Waals surface area contributed by atoms with Gasteiger partial charge in [-0.15, -0.1) is 0 Å². The zero-order valence-corrected chi connectivity index (χ0v) is 10.3. The van der Waals surface area contributed by atoms with Gasteiger partial charge < -0.3 is 10.5 Å². The first kappa shape index (κ1) is 12.8. The molecule has 0 aliphatic rings. The normalized spacial score (nSPS) is 10.4. The summed E-state index contributed by atoms with van der Waals surface area (Å²) in [5.74, 6) is 0.178. The molecular weight excluding hydrogens is 255 g/mol. The quantitative estimate of drug-likeness (QED) is 0.926. The highest BCUT2D eigenvalue weighted by Gasteiger charge is 2.04. The lowest BCUT2D eigenvalue weighted by Gasteiger charge is -2.08. The SMILES string of the molecule is NCc1ccc(COc2cncc(Cl)c2)c(F)c1. The third kappa shape index (κ3) is 3.18. The Labute approximate surface area is 109 Å². The van der Waals surface area contributed by atoms with Crippen molar-refractivity contribution in [2.45, 2.75) is 13.2 Å². The summed E-state index contributed by atoms with van der Waals surface area (Å²) in [6, 6.07) is 6.48. The zero-order valence-electron chi connectivity index (χ0n) is 9.57. The highest BCUT2D eigenvalue weighted by Crippen LogP contribution is 2.18. The summed E-state index contributed by atoms with van der Waals surface area (Å²) in [7, 11) is 0. The number of hydrogen-bond acceptors (Lipinski definition) is 3. The van der Waals surface area contributed by atoms with Gasteiger partial charge in [-0.2, -0.15) is 0 Å². The van der Waals surface area contributed by atoms with Gasteiger partial charge in [-0.3, -0.25) is 4.98 Å². The van der Waals surface area contributed by atoms with Crippen LogP contribution in [0.15, 0.2) is 36.7 Å². The number of benzene rings is 1. The van der Waals surface area contributed by atoms with Crippen molar-refractivity contribution in [3.05, 3.63) is 58.6 Å². The van der Waals surface area contributed by atoms with Crippen molar-refractivity contribution in [1.29, 1.82) is 0 Å². The predicted octanol–water partition coefficient (Wildman–Crippen LogP) is 2.91. The van der Waals surface area contributed by atoms with Crippen molar-refractivity contribution in [2.75, 3.05) is 0 Å². The van der Waals surface area contributed by atoms with E-state index in [1.807, 2.05) is 0 Å². The highest BCUT2D eigenvalue weighted by atomic mass is 35.5. The van der Waals surface area contributed by atoms with Crippen molar-refractivity contribution in [1.82, 2.24) is 4.98 Å². The van der Waals surface area contributed by atoms with E-state index in [4.69, 9.17) is 22.1 Å². The van der Waals surface area contributed by atoms with Crippen molar-refractivity contribution in [2.24, 2.45) is 5.73 Å². The summed E-state index contributed by atoms with van der Waals surface area (Å²) in [5.41, 5.74) is 6.65. The maximum Gasteiger partial charge on any atom is 0.139 e. The molecular formula is C13H12ClFN2O. The van der Waals surface area contributed by atoms with Crippen molar-refractivity contribution >= 4 is 11.6 Å². The van der Waals surface area contributed by atoms with Crippen molar-refractivity contribution < 1.29 is 9.13 Å². The monoisotopic (exact) mass is 266 g/mol. The van der Waals surface area contributed by atoms with E-state index in [2.05, 4.69) is 4.98 Å². The maximum absolute atomic E-state index is 13.6. The first-order chi connectivity index (χ1) is 8.69. The molecule has 2 aromatic rings. The Bertz CT molecular complexity index is 548. The second-order valence-electron chi connectivity index (χ2n) is 3.76. The molecule has 1 aromatic heterocycles. The van der Waals surface area contributed by atoms with Gasteiger partial charge in [-0.05, 0) is 11.6 Å². The van der Waals surface area contributed by atoms with Crippen LogP contribution >= 0.6 is 11.6 Å². The maximum atomic E-state index is 13.6. The molecule has 2 N–H and O–H groups in total. The van der Waals surface area contributed by atoms with Crippen LogP contribution in [0.5, 0.6) is 5.75 Å². The highest BCUT2D eigenvalue weighted by molar-refractivity contribution is 6.30. The summed E-state index contributed by atoms with van der Waals surface area (Å²) < 4.78 is 19.1. The minimum absolute atomic E-state index is 0.124. The standard InChI is InChI=1S/C13H12ClFN2O/c14-11-4-12(7-17-6-11)18-8-10-2-1-9(5-16)3-13(10)15/h1-4,6-7H,5,8,16H2. The molecule has 0 aliphatic heterocycles. The molecule has 1 heterocycles. The Hall–Kier alpha value is -1.65. The van der Waals surface area contributed by atoms with Crippen LogP contribution in [0.25, 0.3) is 0 Å². The largest absolute Gasteiger partial charge is 0.487 e. The number of aromatic nitrogens is 1. The molecule has 18 heavy (non-hydrogen) atoms. The smallest absolute Gasteiger partial charge is 0.139 e. The molecule has 0 bridgehead atoms. The van der Waals surface area contributed by atoms with Gasteiger partial charge in [0, 0.05) is 24.4 Å². The molecule has 0 radical (unpaired) electrons. The van der Waals surface area contributed by atoms with E-state index in [0.29, 0.717) is 22.9 Å². The Balaban J connectivity index is 2.06. The van der Waals surface area contributed by atoms with Crippen LogP contribution in [0.1, 0.15) is 11.1 Å². The van der Waals surface area contributed by atoms with Crippen LogP contribution in [0.2, 0.25) is 5.02 Å². The molecule has 0 saturated heterocycles. The lowest BCUT2D eigenvalue weighted by molar-refractivity contribution is 0.298. The Morgan fingerprint density at radius 1 is 1.28 bits per heavy atom. The molecule has 94 valence electrons. The molecule has 0 spiro atoms. The Kier molecular flexibility index (Phi) is 4.12. The summed E-state index contributed by atoms with van der Waals surface area (Å²) in [6.45, 7) is 0.439. The van der Waals surface area contributed by atoms with Crippen LogP contribution in [0, 0.1) is 5.82 Å². The fourth-order valence-corrected chi connectivity index (χ4v) is 1.63. The minimum atomic E-state index is -0.326. The number of halogens is 2. The molecule has 1 aromatic carbocycles. The molecule has 0 saturated carbocycles. The topological polar surface area (TPSA) is 48.1 Å². The molecule has 0 unspecified atom stereocenters. The molecule has 0 fully saturated rings. The first-order valence-corrected chi connectivity index (χ1v) is 5.77. The second-order valence-corrected chi connectivity index (χ2v) is 4.19. The third-order valence-corrected chi connectivity index (χ3v) is 2.63. The fourth-order valence-electron chi connectivity index (χ4n) is 1.47. The predicted molar refractivity (Wildman–Crippen MR) is 67.9 cm³/mol. The molecule has 0 aliphatic carbocycles. The lowest BCUT2D eigenvalue weighted by atomic mass is 10.1. The van der Waals surface area contributed by atoms with Gasteiger partial charge in [-0.25, -0.2) is 4.39 Å². The Morgan fingerprint density at radius 3 is 2.78 bits per heavy atom. The zero-order chi connectivity index (χ0) is 13.0. The van der Waals surface area contributed by atoms with E-state index < -0.39 is 0 Å². The molecule has 5 heteroatoms. The fraction of sp³-hybridized carbons (Fsp3) is 0.154. The van der Waals surface area contributed by atoms with Gasteiger partial charge in [0.1, 0.15) is 18.2 Å². The summed E-state index contributed by atoms with van der Waals surface area (Å²) in [6.07, 6.45) is 3.03. The van der Waals surface area contributed by atoms with Gasteiger partial charge in [0.25, 0.3) is 0 Å². The number of pyridine rings is 1. The van der Waals surface area contributed by atoms with Gasteiger partial charge in [-0.1, -0.05) is 23.7 Å². The number of rotatable bonds is 4. The van der Waals surface area contributed by atoms with Crippen molar-refractivity contribution in [3.63, 3.8) is 0 Å². The molecule has 3 nitrogen and oxygen atoms in total. The van der Waals surface area contributed by atoms with Crippen molar-refractivity contribution in [3.8, 4) is 5.75 Å². The minimum Gasteiger partial charge on any atom is -0.487 e. The van der Waals surface area contributed by atoms with Gasteiger partial charge in [0.15, 0.2) is 0 Å². The average Bonchev–Trinajstić information content (AvgIpc) is 2.37.